The van der Waals surface area contributed by atoms with Crippen molar-refractivity contribution >= 4 is 17.4 Å². The largest absolute Gasteiger partial charge is 0.148 e. The Morgan fingerprint density at radius 2 is 2.44 bits per heavy atom. The van der Waals surface area contributed by atoms with Gasteiger partial charge in [-0.3, -0.25) is 0 Å². The molecule has 0 saturated heterocycles. The van der Waals surface area contributed by atoms with E-state index in [1.807, 2.05) is 11.3 Å². The monoisotopic (exact) mass is 136 g/mol. The fraction of sp³-hybridized carbons (Fsp3) is 0.250. The highest BCUT2D eigenvalue weighted by Crippen LogP contribution is 2.23. The smallest absolute Gasteiger partial charge is 0.0120 e. The van der Waals surface area contributed by atoms with Gasteiger partial charge < -0.3 is 0 Å². The van der Waals surface area contributed by atoms with E-state index in [4.69, 9.17) is 0 Å². The first kappa shape index (κ1) is 5.24. The molecule has 0 saturated carbocycles. The molecule has 1 heteroatoms. The fourth-order valence-corrected chi connectivity index (χ4v) is 2.01. The van der Waals surface area contributed by atoms with Crippen LogP contribution >= 0.6 is 11.3 Å². The van der Waals surface area contributed by atoms with Gasteiger partial charge in [0, 0.05) is 4.88 Å². The summed E-state index contributed by atoms with van der Waals surface area (Å²) in [5.74, 6) is 0. The maximum absolute atomic E-state index is 2.25. The van der Waals surface area contributed by atoms with Gasteiger partial charge in [0.05, 0.1) is 0 Å². The molecule has 1 aliphatic carbocycles. The van der Waals surface area contributed by atoms with Gasteiger partial charge in [0.15, 0.2) is 0 Å². The van der Waals surface area contributed by atoms with Crippen molar-refractivity contribution in [3.63, 3.8) is 0 Å². The van der Waals surface area contributed by atoms with Crippen LogP contribution in [0.15, 0.2) is 17.5 Å². The normalized spacial score (nSPS) is 15.6. The van der Waals surface area contributed by atoms with Crippen LogP contribution in [0.4, 0.5) is 0 Å². The number of fused-ring (bicyclic) bond motifs is 1. The lowest BCUT2D eigenvalue weighted by atomic mass is 10.1. The Labute approximate surface area is 58.8 Å². The highest BCUT2D eigenvalue weighted by atomic mass is 32.1. The fourth-order valence-electron chi connectivity index (χ4n) is 1.13. The van der Waals surface area contributed by atoms with Crippen LogP contribution in [0.3, 0.4) is 0 Å². The third-order valence-electron chi connectivity index (χ3n) is 1.62. The zero-order valence-electron chi connectivity index (χ0n) is 5.13. The zero-order valence-corrected chi connectivity index (χ0v) is 5.95. The second kappa shape index (κ2) is 1.99. The molecule has 0 atom stereocenters. The molecule has 1 heterocycles. The lowest BCUT2D eigenvalue weighted by molar-refractivity contribution is 1.01. The maximum Gasteiger partial charge on any atom is 0.0120 e. The molecule has 0 spiro atoms. The number of rotatable bonds is 0. The van der Waals surface area contributed by atoms with E-state index >= 15 is 0 Å². The van der Waals surface area contributed by atoms with Crippen molar-refractivity contribution < 1.29 is 0 Å². The Bertz CT molecular complexity index is 232. The standard InChI is InChI=1S/C8H8S/c1-2-4-8-7(3-1)5-6-9-8/h1,3,5-6H,2,4H2. The number of aryl methyl sites for hydroxylation is 1. The first-order valence-electron chi connectivity index (χ1n) is 3.20. The molecular formula is C8H8S. The van der Waals surface area contributed by atoms with Gasteiger partial charge in [-0.25, -0.2) is 0 Å². The van der Waals surface area contributed by atoms with Crippen LogP contribution in [-0.2, 0) is 6.42 Å². The van der Waals surface area contributed by atoms with E-state index in [9.17, 15) is 0 Å². The summed E-state index contributed by atoms with van der Waals surface area (Å²) in [7, 11) is 0. The van der Waals surface area contributed by atoms with Gasteiger partial charge in [0.2, 0.25) is 0 Å². The molecule has 0 radical (unpaired) electrons. The summed E-state index contributed by atoms with van der Waals surface area (Å²) in [6, 6.07) is 2.19. The van der Waals surface area contributed by atoms with Crippen LogP contribution in [0, 0.1) is 0 Å². The molecule has 2 rings (SSSR count). The van der Waals surface area contributed by atoms with Crippen molar-refractivity contribution in [3.05, 3.63) is 28.0 Å². The van der Waals surface area contributed by atoms with E-state index in [0.717, 1.165) is 0 Å². The van der Waals surface area contributed by atoms with Gasteiger partial charge in [-0.1, -0.05) is 12.2 Å². The highest BCUT2D eigenvalue weighted by molar-refractivity contribution is 7.10. The van der Waals surface area contributed by atoms with E-state index in [-0.39, 0.29) is 0 Å². The second-order valence-corrected chi connectivity index (χ2v) is 3.24. The summed E-state index contributed by atoms with van der Waals surface area (Å²) >= 11 is 1.87. The van der Waals surface area contributed by atoms with E-state index < -0.39 is 0 Å². The lowest BCUT2D eigenvalue weighted by Gasteiger charge is -2.01. The molecule has 0 amide bonds. The second-order valence-electron chi connectivity index (χ2n) is 2.24. The Balaban J connectivity index is 2.53. The highest BCUT2D eigenvalue weighted by Gasteiger charge is 2.02. The Morgan fingerprint density at radius 1 is 1.44 bits per heavy atom. The zero-order chi connectivity index (χ0) is 6.10. The van der Waals surface area contributed by atoms with Crippen LogP contribution in [-0.4, -0.2) is 0 Å². The molecule has 0 unspecified atom stereocenters. The molecule has 0 fully saturated rings. The lowest BCUT2D eigenvalue weighted by Crippen LogP contribution is -1.85. The van der Waals surface area contributed by atoms with Crippen LogP contribution in [0.25, 0.3) is 6.08 Å². The van der Waals surface area contributed by atoms with Gasteiger partial charge in [-0.15, -0.1) is 11.3 Å². The quantitative estimate of drug-likeness (QED) is 0.514. The minimum Gasteiger partial charge on any atom is -0.148 e. The molecular weight excluding hydrogens is 128 g/mol. The first-order chi connectivity index (χ1) is 4.47. The number of hydrogen-bond donors (Lipinski definition) is 0. The van der Waals surface area contributed by atoms with Gasteiger partial charge in [-0.05, 0) is 29.9 Å². The van der Waals surface area contributed by atoms with Crippen molar-refractivity contribution in [2.45, 2.75) is 12.8 Å². The molecule has 0 nitrogen and oxygen atoms in total. The van der Waals surface area contributed by atoms with Gasteiger partial charge in [0.1, 0.15) is 0 Å². The van der Waals surface area contributed by atoms with E-state index in [2.05, 4.69) is 23.6 Å². The predicted molar refractivity (Wildman–Crippen MR) is 41.7 cm³/mol. The van der Waals surface area contributed by atoms with Gasteiger partial charge in [-0.2, -0.15) is 0 Å². The molecule has 1 aromatic heterocycles. The maximum atomic E-state index is 2.25. The molecule has 0 bridgehead atoms. The van der Waals surface area contributed by atoms with Crippen LogP contribution in [0.5, 0.6) is 0 Å². The van der Waals surface area contributed by atoms with E-state index in [0.29, 0.717) is 0 Å². The molecule has 9 heavy (non-hydrogen) atoms. The van der Waals surface area contributed by atoms with Crippen LogP contribution in [0.1, 0.15) is 16.9 Å². The molecule has 0 aromatic carbocycles. The number of thiophene rings is 1. The summed E-state index contributed by atoms with van der Waals surface area (Å²) < 4.78 is 0. The van der Waals surface area contributed by atoms with Crippen molar-refractivity contribution in [1.29, 1.82) is 0 Å². The minimum atomic E-state index is 1.23. The SMILES string of the molecule is C1=Cc2ccsc2CC1. The molecule has 0 aliphatic heterocycles. The van der Waals surface area contributed by atoms with Gasteiger partial charge >= 0.3 is 0 Å². The number of hydrogen-bond acceptors (Lipinski definition) is 1. The van der Waals surface area contributed by atoms with Crippen molar-refractivity contribution in [1.82, 2.24) is 0 Å². The molecule has 1 aromatic rings. The topological polar surface area (TPSA) is 0 Å². The van der Waals surface area contributed by atoms with Crippen molar-refractivity contribution in [2.75, 3.05) is 0 Å². The summed E-state index contributed by atoms with van der Waals surface area (Å²) in [6.07, 6.45) is 6.95. The third-order valence-corrected chi connectivity index (χ3v) is 2.61. The van der Waals surface area contributed by atoms with Crippen LogP contribution in [0.2, 0.25) is 0 Å². The summed E-state index contributed by atoms with van der Waals surface area (Å²) in [5.41, 5.74) is 1.44. The van der Waals surface area contributed by atoms with E-state index in [1.54, 1.807) is 4.88 Å². The third kappa shape index (κ3) is 0.815. The summed E-state index contributed by atoms with van der Waals surface area (Å²) in [5, 5.41) is 2.17. The van der Waals surface area contributed by atoms with Crippen LogP contribution < -0.4 is 0 Å². The molecule has 46 valence electrons. The van der Waals surface area contributed by atoms with Gasteiger partial charge in [0.25, 0.3) is 0 Å². The number of allylic oxidation sites excluding steroid dienone is 1. The van der Waals surface area contributed by atoms with E-state index in [1.165, 1.54) is 18.4 Å². The Kier molecular flexibility index (Phi) is 1.16. The average molecular weight is 136 g/mol. The minimum absolute atomic E-state index is 1.23. The molecule has 0 N–H and O–H groups in total. The predicted octanol–water partition coefficient (Wildman–Crippen LogP) is 2.71. The Morgan fingerprint density at radius 3 is 3.33 bits per heavy atom. The van der Waals surface area contributed by atoms with Crippen molar-refractivity contribution in [2.24, 2.45) is 0 Å². The first-order valence-corrected chi connectivity index (χ1v) is 4.08. The Hall–Kier alpha value is -0.560. The average Bonchev–Trinajstić information content (AvgIpc) is 2.33. The molecule has 1 aliphatic rings. The summed E-state index contributed by atoms with van der Waals surface area (Å²) in [6.45, 7) is 0. The van der Waals surface area contributed by atoms with Crippen molar-refractivity contribution in [3.8, 4) is 0 Å². The summed E-state index contributed by atoms with van der Waals surface area (Å²) in [4.78, 5) is 1.55.